The Balaban J connectivity index is 2.63. The van der Waals surface area contributed by atoms with E-state index in [1.807, 2.05) is 0 Å². The number of aromatic nitrogens is 1. The largest absolute Gasteiger partial charge is 0.477 e. The molecule has 0 saturated heterocycles. The second kappa shape index (κ2) is 6.15. The molecular weight excluding hydrogens is 299 g/mol. The van der Waals surface area contributed by atoms with Gasteiger partial charge in [0.1, 0.15) is 28.8 Å². The molecule has 0 saturated carbocycles. The Labute approximate surface area is 124 Å². The summed E-state index contributed by atoms with van der Waals surface area (Å²) in [6, 6.07) is 3.72. The average Bonchev–Trinajstić information content (AvgIpc) is 2.47. The van der Waals surface area contributed by atoms with E-state index in [1.54, 1.807) is 6.92 Å². The monoisotopic (exact) mass is 311 g/mol. The number of nitrogens with zero attached hydrogens (tertiary/aromatic N) is 1. The number of benzene rings is 1. The molecule has 116 valence electrons. The van der Waals surface area contributed by atoms with Crippen LogP contribution in [-0.2, 0) is 4.74 Å². The minimum atomic E-state index is -1.42. The summed E-state index contributed by atoms with van der Waals surface area (Å²) in [6.07, 6.45) is -0.554. The van der Waals surface area contributed by atoms with Crippen LogP contribution in [-0.4, -0.2) is 23.2 Å². The smallest absolute Gasteiger partial charge is 0.354 e. The van der Waals surface area contributed by atoms with Gasteiger partial charge in [-0.15, -0.1) is 0 Å². The van der Waals surface area contributed by atoms with Crippen LogP contribution in [0.3, 0.4) is 0 Å². The lowest BCUT2D eigenvalue weighted by Gasteiger charge is -2.13. The molecule has 0 unspecified atom stereocenters. The van der Waals surface area contributed by atoms with Crippen LogP contribution in [0.4, 0.5) is 13.2 Å². The van der Waals surface area contributed by atoms with Gasteiger partial charge in [-0.25, -0.2) is 22.9 Å². The maximum absolute atomic E-state index is 14.2. The summed E-state index contributed by atoms with van der Waals surface area (Å²) in [5.74, 6) is -4.54. The van der Waals surface area contributed by atoms with Crippen molar-refractivity contribution in [1.82, 2.24) is 4.98 Å². The van der Waals surface area contributed by atoms with E-state index in [0.717, 1.165) is 24.3 Å². The van der Waals surface area contributed by atoms with Gasteiger partial charge in [0.25, 0.3) is 0 Å². The van der Waals surface area contributed by atoms with E-state index in [-0.39, 0.29) is 5.56 Å². The van der Waals surface area contributed by atoms with Gasteiger partial charge >= 0.3 is 5.97 Å². The molecule has 0 aliphatic rings. The topological polar surface area (TPSA) is 59.4 Å². The molecule has 4 nitrogen and oxygen atoms in total. The minimum Gasteiger partial charge on any atom is -0.477 e. The minimum absolute atomic E-state index is 0.232. The van der Waals surface area contributed by atoms with Crippen LogP contribution in [0.25, 0.3) is 11.3 Å². The van der Waals surface area contributed by atoms with Crippen molar-refractivity contribution >= 4 is 5.97 Å². The van der Waals surface area contributed by atoms with Gasteiger partial charge in [0.05, 0.1) is 11.7 Å². The lowest BCUT2D eigenvalue weighted by Crippen LogP contribution is -2.06. The first-order valence-corrected chi connectivity index (χ1v) is 6.27. The number of hydrogen-bond donors (Lipinski definition) is 1. The van der Waals surface area contributed by atoms with Gasteiger partial charge in [-0.05, 0) is 36.8 Å². The molecule has 2 aromatic rings. The van der Waals surface area contributed by atoms with Crippen LogP contribution in [0.5, 0.6) is 0 Å². The van der Waals surface area contributed by atoms with Crippen LogP contribution < -0.4 is 0 Å². The van der Waals surface area contributed by atoms with Crippen LogP contribution >= 0.6 is 0 Å². The zero-order chi connectivity index (χ0) is 16.4. The summed E-state index contributed by atoms with van der Waals surface area (Å²) in [7, 11) is 1.38. The molecule has 0 spiro atoms. The second-order valence-corrected chi connectivity index (χ2v) is 4.57. The van der Waals surface area contributed by atoms with E-state index in [2.05, 4.69) is 4.98 Å². The Morgan fingerprint density at radius 3 is 2.27 bits per heavy atom. The number of hydrogen-bond acceptors (Lipinski definition) is 3. The van der Waals surface area contributed by atoms with E-state index >= 15 is 0 Å². The molecule has 22 heavy (non-hydrogen) atoms. The zero-order valence-corrected chi connectivity index (χ0v) is 11.7. The number of carbonyl (C=O) groups is 1. The van der Waals surface area contributed by atoms with Crippen molar-refractivity contribution in [3.05, 3.63) is 53.0 Å². The molecule has 0 amide bonds. The van der Waals surface area contributed by atoms with Crippen molar-refractivity contribution < 1.29 is 27.8 Å². The van der Waals surface area contributed by atoms with E-state index in [9.17, 15) is 18.0 Å². The molecule has 0 aliphatic heterocycles. The maximum atomic E-state index is 14.2. The Bertz CT molecular complexity index is 711. The van der Waals surface area contributed by atoms with Crippen LogP contribution in [0.1, 0.15) is 29.1 Å². The molecular formula is C15H12F3NO3. The van der Waals surface area contributed by atoms with E-state index in [0.29, 0.717) is 0 Å². The molecule has 1 aromatic heterocycles. The lowest BCUT2D eigenvalue weighted by atomic mass is 10.0. The van der Waals surface area contributed by atoms with Gasteiger partial charge < -0.3 is 9.84 Å². The van der Waals surface area contributed by atoms with Gasteiger partial charge in [-0.3, -0.25) is 0 Å². The number of aromatic carboxylic acids is 1. The van der Waals surface area contributed by atoms with Gasteiger partial charge in [0, 0.05) is 7.11 Å². The normalized spacial score (nSPS) is 12.2. The number of pyridine rings is 1. The molecule has 1 aromatic carbocycles. The fraction of sp³-hybridized carbons (Fsp3) is 0.200. The SMILES string of the molecule is CO[C@H](C)c1cc(F)c(-c2nc(C(=O)O)ccc2F)c(F)c1. The summed E-state index contributed by atoms with van der Waals surface area (Å²) in [5, 5.41) is 8.85. The van der Waals surface area contributed by atoms with Crippen LogP contribution in [0.2, 0.25) is 0 Å². The summed E-state index contributed by atoms with van der Waals surface area (Å²) in [6.45, 7) is 1.60. The Morgan fingerprint density at radius 1 is 1.18 bits per heavy atom. The number of halogens is 3. The highest BCUT2D eigenvalue weighted by Gasteiger charge is 2.21. The fourth-order valence-corrected chi connectivity index (χ4v) is 1.93. The zero-order valence-electron chi connectivity index (χ0n) is 11.7. The predicted octanol–water partition coefficient (Wildman–Crippen LogP) is 3.57. The van der Waals surface area contributed by atoms with Crippen molar-refractivity contribution in [3.63, 3.8) is 0 Å². The molecule has 1 heterocycles. The number of ether oxygens (including phenoxy) is 1. The Morgan fingerprint density at radius 2 is 1.77 bits per heavy atom. The summed E-state index contributed by atoms with van der Waals surface area (Å²) in [4.78, 5) is 14.3. The van der Waals surface area contributed by atoms with Gasteiger partial charge in [0.2, 0.25) is 0 Å². The first-order chi connectivity index (χ1) is 10.3. The van der Waals surface area contributed by atoms with Crippen LogP contribution in [0, 0.1) is 17.5 Å². The molecule has 0 radical (unpaired) electrons. The molecule has 1 N–H and O–H groups in total. The summed E-state index contributed by atoms with van der Waals surface area (Å²) >= 11 is 0. The molecule has 7 heteroatoms. The first kappa shape index (κ1) is 16.0. The molecule has 2 rings (SSSR count). The second-order valence-electron chi connectivity index (χ2n) is 4.57. The number of methoxy groups -OCH3 is 1. The van der Waals surface area contributed by atoms with Crippen molar-refractivity contribution in [2.24, 2.45) is 0 Å². The van der Waals surface area contributed by atoms with Crippen molar-refractivity contribution in [3.8, 4) is 11.3 Å². The molecule has 1 atom stereocenters. The third-order valence-electron chi connectivity index (χ3n) is 3.19. The van der Waals surface area contributed by atoms with Crippen LogP contribution in [0.15, 0.2) is 24.3 Å². The molecule has 0 bridgehead atoms. The van der Waals surface area contributed by atoms with Crippen molar-refractivity contribution in [1.29, 1.82) is 0 Å². The number of carboxylic acid groups (broad SMARTS) is 1. The lowest BCUT2D eigenvalue weighted by molar-refractivity contribution is 0.0690. The maximum Gasteiger partial charge on any atom is 0.354 e. The highest BCUT2D eigenvalue weighted by Crippen LogP contribution is 2.30. The Hall–Kier alpha value is -2.41. The van der Waals surface area contributed by atoms with Crippen molar-refractivity contribution in [2.45, 2.75) is 13.0 Å². The van der Waals surface area contributed by atoms with E-state index < -0.39 is 46.5 Å². The third-order valence-corrected chi connectivity index (χ3v) is 3.19. The predicted molar refractivity (Wildman–Crippen MR) is 71.9 cm³/mol. The van der Waals surface area contributed by atoms with Gasteiger partial charge in [-0.2, -0.15) is 0 Å². The Kier molecular flexibility index (Phi) is 4.46. The van der Waals surface area contributed by atoms with E-state index in [1.165, 1.54) is 7.11 Å². The van der Waals surface area contributed by atoms with E-state index in [4.69, 9.17) is 9.84 Å². The molecule has 0 aliphatic carbocycles. The average molecular weight is 311 g/mol. The first-order valence-electron chi connectivity index (χ1n) is 6.27. The van der Waals surface area contributed by atoms with Gasteiger partial charge in [0.15, 0.2) is 0 Å². The quantitative estimate of drug-likeness (QED) is 0.937. The molecule has 0 fully saturated rings. The highest BCUT2D eigenvalue weighted by molar-refractivity contribution is 5.86. The standard InChI is InChI=1S/C15H12F3NO3/c1-7(22-2)8-5-10(17)13(11(18)6-8)14-9(16)3-4-12(19-14)15(20)21/h3-7H,1-2H3,(H,20,21)/t7-/m1/s1. The summed E-state index contributed by atoms with van der Waals surface area (Å²) in [5.41, 5.74) is -1.68. The third kappa shape index (κ3) is 2.94. The van der Waals surface area contributed by atoms with Gasteiger partial charge in [-0.1, -0.05) is 0 Å². The highest BCUT2D eigenvalue weighted by atomic mass is 19.1. The summed E-state index contributed by atoms with van der Waals surface area (Å²) < 4.78 is 47.1. The van der Waals surface area contributed by atoms with Crippen molar-refractivity contribution in [2.75, 3.05) is 7.11 Å². The fourth-order valence-electron chi connectivity index (χ4n) is 1.93. The number of carboxylic acids is 1. The number of rotatable bonds is 4.